The number of amides is 1. The second-order valence-electron chi connectivity index (χ2n) is 9.75. The van der Waals surface area contributed by atoms with E-state index in [1.165, 1.54) is 23.4 Å². The van der Waals surface area contributed by atoms with Gasteiger partial charge >= 0.3 is 5.51 Å². The molecule has 0 spiro atoms. The van der Waals surface area contributed by atoms with Crippen LogP contribution in [-0.2, 0) is 4.79 Å². The molecule has 4 rings (SSSR count). The second-order valence-corrected chi connectivity index (χ2v) is 10.9. The van der Waals surface area contributed by atoms with Crippen molar-refractivity contribution in [1.82, 2.24) is 9.80 Å². The summed E-state index contributed by atoms with van der Waals surface area (Å²) in [5.74, 6) is 0.210. The number of thioether (sulfide) groups is 1. The first-order valence-electron chi connectivity index (χ1n) is 12.7. The number of aryl methyl sites for hydroxylation is 1. The van der Waals surface area contributed by atoms with Crippen molar-refractivity contribution < 1.29 is 18.0 Å². The number of anilines is 2. The van der Waals surface area contributed by atoms with Gasteiger partial charge in [-0.1, -0.05) is 25.1 Å². The summed E-state index contributed by atoms with van der Waals surface area (Å²) in [6, 6.07) is 15.6. The van der Waals surface area contributed by atoms with Gasteiger partial charge in [-0.25, -0.2) is 0 Å². The molecule has 2 fully saturated rings. The van der Waals surface area contributed by atoms with Crippen molar-refractivity contribution in [2.75, 3.05) is 43.4 Å². The number of alkyl halides is 3. The quantitative estimate of drug-likeness (QED) is 0.372. The molecule has 2 aliphatic heterocycles. The summed E-state index contributed by atoms with van der Waals surface area (Å²) in [6.07, 6.45) is 4.37. The van der Waals surface area contributed by atoms with E-state index in [-0.39, 0.29) is 36.0 Å². The molecular weight excluding hydrogens is 497 g/mol. The van der Waals surface area contributed by atoms with Crippen LogP contribution in [0.1, 0.15) is 45.1 Å². The van der Waals surface area contributed by atoms with Gasteiger partial charge in [0.05, 0.1) is 0 Å². The zero-order valence-corrected chi connectivity index (χ0v) is 21.5. The molecule has 0 saturated carbocycles. The Kier molecular flexibility index (Phi) is 10.6. The molecule has 9 heteroatoms. The Morgan fingerprint density at radius 1 is 0.865 bits per heavy atom. The number of hydrogen-bond acceptors (Lipinski definition) is 5. The van der Waals surface area contributed by atoms with Gasteiger partial charge in [0.25, 0.3) is 0 Å². The van der Waals surface area contributed by atoms with E-state index in [4.69, 9.17) is 0 Å². The highest BCUT2D eigenvalue weighted by Gasteiger charge is 2.29. The Morgan fingerprint density at radius 2 is 1.35 bits per heavy atom. The average Bonchev–Trinajstić information content (AvgIpc) is 2.86. The van der Waals surface area contributed by atoms with E-state index in [1.54, 1.807) is 12.1 Å². The van der Waals surface area contributed by atoms with Gasteiger partial charge < -0.3 is 20.4 Å². The Morgan fingerprint density at radius 3 is 1.86 bits per heavy atom. The lowest BCUT2D eigenvalue weighted by Gasteiger charge is -2.35. The zero-order chi connectivity index (χ0) is 25.5. The number of nitrogens with one attached hydrogen (secondary N) is 2. The first kappa shape index (κ1) is 29.2. The van der Waals surface area contributed by atoms with E-state index in [9.17, 15) is 18.0 Å². The van der Waals surface area contributed by atoms with E-state index in [0.717, 1.165) is 51.0 Å². The molecule has 204 valence electrons. The van der Waals surface area contributed by atoms with Crippen molar-refractivity contribution in [3.8, 4) is 0 Å². The molecule has 2 heterocycles. The summed E-state index contributed by atoms with van der Waals surface area (Å²) in [7, 11) is 0. The molecule has 0 radical (unpaired) electrons. The SMILES string of the molecule is C.Cc1ccc(NC2CCN(CCC(=O)N3CCC(Nc4ccc(SC(F)(F)F)cc4)CC3)CC2)cc1. The lowest BCUT2D eigenvalue weighted by atomic mass is 10.0. The van der Waals surface area contributed by atoms with Crippen LogP contribution in [-0.4, -0.2) is 66.0 Å². The molecular formula is C28H39F3N4OS. The second kappa shape index (κ2) is 13.4. The minimum absolute atomic E-state index is 0. The molecule has 0 aliphatic carbocycles. The number of nitrogens with zero attached hydrogens (tertiary/aromatic N) is 2. The number of benzene rings is 2. The van der Waals surface area contributed by atoms with Gasteiger partial charge in [0, 0.05) is 67.5 Å². The number of carbonyl (C=O) groups excluding carboxylic acids is 1. The van der Waals surface area contributed by atoms with E-state index in [1.807, 2.05) is 4.90 Å². The fraction of sp³-hybridized carbons (Fsp3) is 0.536. The highest BCUT2D eigenvalue weighted by atomic mass is 32.2. The zero-order valence-electron chi connectivity index (χ0n) is 20.7. The van der Waals surface area contributed by atoms with Crippen LogP contribution in [0.5, 0.6) is 0 Å². The standard InChI is InChI=1S/C27H35F3N4OS.CH4/c1-20-2-4-21(5-3-20)31-23-10-15-33(16-11-23)17-14-26(35)34-18-12-24(13-19-34)32-22-6-8-25(9-7-22)36-27(28,29)30;/h2-9,23-24,31-32H,10-19H2,1H3;1H4. The Bertz CT molecular complexity index is 968. The smallest absolute Gasteiger partial charge is 0.382 e. The number of halogens is 3. The first-order valence-corrected chi connectivity index (χ1v) is 13.5. The highest BCUT2D eigenvalue weighted by Crippen LogP contribution is 2.37. The monoisotopic (exact) mass is 536 g/mol. The summed E-state index contributed by atoms with van der Waals surface area (Å²) < 4.78 is 37.5. The third kappa shape index (κ3) is 9.45. The van der Waals surface area contributed by atoms with Gasteiger partial charge in [-0.15, -0.1) is 0 Å². The van der Waals surface area contributed by atoms with Gasteiger partial charge in [-0.2, -0.15) is 13.2 Å². The van der Waals surface area contributed by atoms with Crippen molar-refractivity contribution in [2.45, 2.75) is 68.9 Å². The molecule has 0 aromatic heterocycles. The largest absolute Gasteiger partial charge is 0.446 e. The molecule has 2 aliphatic rings. The summed E-state index contributed by atoms with van der Waals surface area (Å²) in [5.41, 5.74) is -1.03. The first-order chi connectivity index (χ1) is 17.2. The summed E-state index contributed by atoms with van der Waals surface area (Å²) >= 11 is -0.104. The minimum Gasteiger partial charge on any atom is -0.382 e. The summed E-state index contributed by atoms with van der Waals surface area (Å²) in [6.45, 7) is 6.32. The number of carbonyl (C=O) groups is 1. The van der Waals surface area contributed by atoms with E-state index < -0.39 is 5.51 Å². The molecule has 2 saturated heterocycles. The highest BCUT2D eigenvalue weighted by molar-refractivity contribution is 8.00. The Labute approximate surface area is 223 Å². The van der Waals surface area contributed by atoms with Gasteiger partial charge in [0.2, 0.25) is 5.91 Å². The molecule has 2 aromatic carbocycles. The Balaban J connectivity index is 0.00000380. The molecule has 2 aromatic rings. The topological polar surface area (TPSA) is 47.6 Å². The Hall–Kier alpha value is -2.39. The van der Waals surface area contributed by atoms with Crippen LogP contribution in [0.3, 0.4) is 0 Å². The molecule has 37 heavy (non-hydrogen) atoms. The third-order valence-electron chi connectivity index (χ3n) is 6.96. The van der Waals surface area contributed by atoms with Gasteiger partial charge in [0.1, 0.15) is 0 Å². The number of likely N-dealkylation sites (tertiary alicyclic amines) is 2. The van der Waals surface area contributed by atoms with Gasteiger partial charge in [-0.3, -0.25) is 4.79 Å². The maximum atomic E-state index is 12.8. The fourth-order valence-electron chi connectivity index (χ4n) is 4.86. The normalized spacial score (nSPS) is 17.8. The van der Waals surface area contributed by atoms with E-state index >= 15 is 0 Å². The number of rotatable bonds is 8. The van der Waals surface area contributed by atoms with Crippen LogP contribution in [0.25, 0.3) is 0 Å². The van der Waals surface area contributed by atoms with Crippen LogP contribution < -0.4 is 10.6 Å². The lowest BCUT2D eigenvalue weighted by Crippen LogP contribution is -2.44. The predicted octanol–water partition coefficient (Wildman–Crippen LogP) is 6.61. The van der Waals surface area contributed by atoms with Crippen LogP contribution in [0, 0.1) is 6.92 Å². The minimum atomic E-state index is -4.27. The molecule has 2 N–H and O–H groups in total. The van der Waals surface area contributed by atoms with Crippen LogP contribution in [0.15, 0.2) is 53.4 Å². The van der Waals surface area contributed by atoms with Crippen molar-refractivity contribution in [2.24, 2.45) is 0 Å². The summed E-state index contributed by atoms with van der Waals surface area (Å²) in [4.78, 5) is 17.3. The molecule has 1 amide bonds. The van der Waals surface area contributed by atoms with Crippen LogP contribution in [0.2, 0.25) is 0 Å². The average molecular weight is 537 g/mol. The van der Waals surface area contributed by atoms with Gasteiger partial charge in [-0.05, 0) is 80.8 Å². The predicted molar refractivity (Wildman–Crippen MR) is 147 cm³/mol. The van der Waals surface area contributed by atoms with Crippen LogP contribution in [0.4, 0.5) is 24.5 Å². The van der Waals surface area contributed by atoms with E-state index in [2.05, 4.69) is 46.7 Å². The maximum absolute atomic E-state index is 12.8. The van der Waals surface area contributed by atoms with Crippen molar-refractivity contribution in [1.29, 1.82) is 0 Å². The number of piperidine rings is 2. The fourth-order valence-corrected chi connectivity index (χ4v) is 5.40. The van der Waals surface area contributed by atoms with Crippen molar-refractivity contribution in [3.63, 3.8) is 0 Å². The van der Waals surface area contributed by atoms with Crippen LogP contribution >= 0.6 is 11.8 Å². The molecule has 5 nitrogen and oxygen atoms in total. The molecule has 0 bridgehead atoms. The van der Waals surface area contributed by atoms with E-state index in [0.29, 0.717) is 25.6 Å². The number of hydrogen-bond donors (Lipinski definition) is 2. The van der Waals surface area contributed by atoms with Crippen molar-refractivity contribution in [3.05, 3.63) is 54.1 Å². The summed E-state index contributed by atoms with van der Waals surface area (Å²) in [5, 5.41) is 7.02. The van der Waals surface area contributed by atoms with Gasteiger partial charge in [0.15, 0.2) is 0 Å². The molecule has 0 unspecified atom stereocenters. The van der Waals surface area contributed by atoms with Crippen molar-refractivity contribution >= 4 is 29.0 Å². The maximum Gasteiger partial charge on any atom is 0.446 e. The lowest BCUT2D eigenvalue weighted by molar-refractivity contribution is -0.132. The third-order valence-corrected chi connectivity index (χ3v) is 7.70. The molecule has 0 atom stereocenters.